The van der Waals surface area contributed by atoms with Crippen molar-refractivity contribution in [2.75, 3.05) is 5.43 Å². The van der Waals surface area contributed by atoms with E-state index >= 15 is 0 Å². The van der Waals surface area contributed by atoms with Gasteiger partial charge in [-0.25, -0.2) is 15.6 Å². The summed E-state index contributed by atoms with van der Waals surface area (Å²) in [5.74, 6) is 5.58. The van der Waals surface area contributed by atoms with E-state index in [0.717, 1.165) is 0 Å². The van der Waals surface area contributed by atoms with E-state index in [1.54, 1.807) is 0 Å². The molecule has 0 saturated heterocycles. The summed E-state index contributed by atoms with van der Waals surface area (Å²) in [6.07, 6.45) is 4.33. The number of nitrogens with zero attached hydrogens (tertiary/aromatic N) is 3. The lowest BCUT2D eigenvalue weighted by atomic mass is 10.4. The Labute approximate surface area is 109 Å². The summed E-state index contributed by atoms with van der Waals surface area (Å²) in [5.41, 5.74) is 1.94. The maximum absolute atomic E-state index is 11.5. The van der Waals surface area contributed by atoms with Gasteiger partial charge in [-0.3, -0.25) is 19.3 Å². The smallest absolute Gasteiger partial charge is 0.307 e. The molecule has 0 unspecified atom stereocenters. The zero-order chi connectivity index (χ0) is 13.1. The first-order valence-corrected chi connectivity index (χ1v) is 5.66. The molecule has 0 fully saturated rings. The fourth-order valence-electron chi connectivity index (χ4n) is 1.29. The summed E-state index contributed by atoms with van der Waals surface area (Å²) in [6, 6.07) is 0. The number of hydrazine groups is 1. The highest BCUT2D eigenvalue weighted by molar-refractivity contribution is 9.10. The number of nitrogens with one attached hydrogen (secondary N) is 2. The maximum atomic E-state index is 11.5. The van der Waals surface area contributed by atoms with Gasteiger partial charge in [0.1, 0.15) is 0 Å². The third-order valence-corrected chi connectivity index (χ3v) is 2.72. The van der Waals surface area contributed by atoms with Crippen molar-refractivity contribution >= 4 is 21.7 Å². The molecule has 0 aliphatic heterocycles. The van der Waals surface area contributed by atoms with E-state index in [1.807, 2.05) is 0 Å². The minimum atomic E-state index is -0.508. The van der Waals surface area contributed by atoms with Gasteiger partial charge in [0.15, 0.2) is 5.82 Å². The minimum Gasteiger partial charge on any atom is -0.307 e. The van der Waals surface area contributed by atoms with Crippen molar-refractivity contribution in [2.24, 2.45) is 5.84 Å². The number of rotatable bonds is 3. The Bertz CT molecular complexity index is 662. The lowest BCUT2D eigenvalue weighted by molar-refractivity contribution is 0.698. The normalized spacial score (nSPS) is 10.3. The van der Waals surface area contributed by atoms with E-state index in [4.69, 9.17) is 5.84 Å². The minimum absolute atomic E-state index is 0.200. The second-order valence-corrected chi connectivity index (χ2v) is 4.26. The summed E-state index contributed by atoms with van der Waals surface area (Å²) in [4.78, 5) is 32.9. The standard InChI is InChI=1S/C9H9BrN6O2/c10-6-4-16(9(18)14-8(6)17)3-5-1-13-7(15-11)2-12-5/h1-2,4H,3,11H2,(H,13,15)(H,14,17,18). The lowest BCUT2D eigenvalue weighted by Crippen LogP contribution is -2.30. The number of nitrogen functional groups attached to an aromatic ring is 1. The number of anilines is 1. The number of H-pyrrole nitrogens is 1. The number of hydrogen-bond donors (Lipinski definition) is 3. The van der Waals surface area contributed by atoms with Gasteiger partial charge in [0.25, 0.3) is 5.56 Å². The Balaban J connectivity index is 2.31. The van der Waals surface area contributed by atoms with Crippen molar-refractivity contribution in [1.29, 1.82) is 0 Å². The van der Waals surface area contributed by atoms with Crippen LogP contribution in [-0.2, 0) is 6.54 Å². The molecule has 2 aromatic heterocycles. The average Bonchev–Trinajstić information content (AvgIpc) is 2.37. The molecule has 9 heteroatoms. The van der Waals surface area contributed by atoms with Crippen LogP contribution >= 0.6 is 15.9 Å². The van der Waals surface area contributed by atoms with E-state index in [1.165, 1.54) is 23.2 Å². The van der Waals surface area contributed by atoms with Crippen LogP contribution in [0.2, 0.25) is 0 Å². The zero-order valence-corrected chi connectivity index (χ0v) is 10.6. The lowest BCUT2D eigenvalue weighted by Gasteiger charge is -2.05. The molecule has 0 aromatic carbocycles. The van der Waals surface area contributed by atoms with Gasteiger partial charge in [-0.1, -0.05) is 0 Å². The largest absolute Gasteiger partial charge is 0.328 e. The van der Waals surface area contributed by atoms with Crippen LogP contribution < -0.4 is 22.5 Å². The van der Waals surface area contributed by atoms with Gasteiger partial charge in [0.2, 0.25) is 0 Å². The van der Waals surface area contributed by atoms with Crippen LogP contribution in [-0.4, -0.2) is 19.5 Å². The fraction of sp³-hybridized carbons (Fsp3) is 0.111. The van der Waals surface area contributed by atoms with Crippen LogP contribution in [0.4, 0.5) is 5.82 Å². The Morgan fingerprint density at radius 1 is 1.39 bits per heavy atom. The quantitative estimate of drug-likeness (QED) is 0.515. The van der Waals surface area contributed by atoms with E-state index < -0.39 is 11.2 Å². The van der Waals surface area contributed by atoms with Gasteiger partial charge in [-0.05, 0) is 15.9 Å². The summed E-state index contributed by atoms with van der Waals surface area (Å²) in [5, 5.41) is 0. The summed E-state index contributed by atoms with van der Waals surface area (Å²) in [7, 11) is 0. The first-order valence-electron chi connectivity index (χ1n) is 4.87. The highest BCUT2D eigenvalue weighted by Gasteiger charge is 2.04. The molecule has 18 heavy (non-hydrogen) atoms. The Hall–Kier alpha value is -2.00. The van der Waals surface area contributed by atoms with E-state index in [9.17, 15) is 9.59 Å². The third-order valence-electron chi connectivity index (χ3n) is 2.15. The highest BCUT2D eigenvalue weighted by atomic mass is 79.9. The van der Waals surface area contributed by atoms with Crippen molar-refractivity contribution in [3.63, 3.8) is 0 Å². The molecule has 2 aromatic rings. The van der Waals surface area contributed by atoms with Crippen molar-refractivity contribution < 1.29 is 0 Å². The van der Waals surface area contributed by atoms with E-state index in [0.29, 0.717) is 11.5 Å². The van der Waals surface area contributed by atoms with Gasteiger partial charge in [-0.2, -0.15) is 0 Å². The Kier molecular flexibility index (Phi) is 3.53. The zero-order valence-electron chi connectivity index (χ0n) is 9.05. The molecule has 2 rings (SSSR count). The van der Waals surface area contributed by atoms with Crippen molar-refractivity contribution in [1.82, 2.24) is 19.5 Å². The molecular weight excluding hydrogens is 304 g/mol. The summed E-state index contributed by atoms with van der Waals surface area (Å²) >= 11 is 3.05. The molecule has 0 atom stereocenters. The summed E-state index contributed by atoms with van der Waals surface area (Å²) < 4.78 is 1.58. The van der Waals surface area contributed by atoms with Crippen molar-refractivity contribution in [2.45, 2.75) is 6.54 Å². The van der Waals surface area contributed by atoms with E-state index in [2.05, 4.69) is 36.3 Å². The molecule has 8 nitrogen and oxygen atoms in total. The van der Waals surface area contributed by atoms with Crippen LogP contribution in [0.5, 0.6) is 0 Å². The van der Waals surface area contributed by atoms with Gasteiger partial charge < -0.3 is 5.43 Å². The molecule has 0 amide bonds. The van der Waals surface area contributed by atoms with Crippen LogP contribution in [0.1, 0.15) is 5.69 Å². The van der Waals surface area contributed by atoms with Gasteiger partial charge in [-0.15, -0.1) is 0 Å². The molecule has 0 bridgehead atoms. The van der Waals surface area contributed by atoms with Crippen LogP contribution in [0.25, 0.3) is 0 Å². The van der Waals surface area contributed by atoms with E-state index in [-0.39, 0.29) is 11.0 Å². The molecule has 0 aliphatic carbocycles. The molecule has 0 spiro atoms. The van der Waals surface area contributed by atoms with Crippen molar-refractivity contribution in [3.8, 4) is 0 Å². The number of aromatic amines is 1. The Morgan fingerprint density at radius 2 is 2.17 bits per heavy atom. The fourth-order valence-corrected chi connectivity index (χ4v) is 1.63. The van der Waals surface area contributed by atoms with Crippen LogP contribution in [0.3, 0.4) is 0 Å². The van der Waals surface area contributed by atoms with Gasteiger partial charge in [0, 0.05) is 6.20 Å². The Morgan fingerprint density at radius 3 is 2.78 bits per heavy atom. The number of hydrogen-bond acceptors (Lipinski definition) is 6. The van der Waals surface area contributed by atoms with Crippen LogP contribution in [0, 0.1) is 0 Å². The highest BCUT2D eigenvalue weighted by Crippen LogP contribution is 2.02. The third kappa shape index (κ3) is 2.63. The monoisotopic (exact) mass is 312 g/mol. The molecule has 94 valence electrons. The average molecular weight is 313 g/mol. The van der Waals surface area contributed by atoms with Crippen molar-refractivity contribution in [3.05, 3.63) is 49.6 Å². The molecule has 2 heterocycles. The maximum Gasteiger partial charge on any atom is 0.328 e. The van der Waals surface area contributed by atoms with Crippen LogP contribution in [0.15, 0.2) is 32.7 Å². The molecule has 0 saturated carbocycles. The SMILES string of the molecule is NNc1cnc(Cn2cc(Br)c(=O)[nH]c2=O)cn1. The molecular formula is C9H9BrN6O2. The second kappa shape index (κ2) is 5.10. The number of aromatic nitrogens is 4. The van der Waals surface area contributed by atoms with Gasteiger partial charge >= 0.3 is 5.69 Å². The number of nitrogens with two attached hydrogens (primary N) is 1. The molecule has 4 N–H and O–H groups in total. The first-order chi connectivity index (χ1) is 8.60. The molecule has 0 aliphatic rings. The predicted molar refractivity (Wildman–Crippen MR) is 68.0 cm³/mol. The predicted octanol–water partition coefficient (Wildman–Crippen LogP) is -0.577. The second-order valence-electron chi connectivity index (χ2n) is 3.40. The molecule has 0 radical (unpaired) electrons. The van der Waals surface area contributed by atoms with Gasteiger partial charge in [0.05, 0.1) is 29.1 Å². The topological polar surface area (TPSA) is 119 Å². The summed E-state index contributed by atoms with van der Waals surface area (Å²) in [6.45, 7) is 0.200. The number of halogens is 1. The first kappa shape index (κ1) is 12.5.